The van der Waals surface area contributed by atoms with Crippen molar-refractivity contribution in [3.8, 4) is 5.75 Å². The second-order valence-corrected chi connectivity index (χ2v) is 5.40. The summed E-state index contributed by atoms with van der Waals surface area (Å²) in [5, 5.41) is 11.1. The molecule has 0 fully saturated rings. The molecule has 1 atom stereocenters. The average Bonchev–Trinajstić information content (AvgIpc) is 2.44. The van der Waals surface area contributed by atoms with Crippen LogP contribution in [0.2, 0.25) is 0 Å². The Kier molecular flexibility index (Phi) is 6.69. The van der Waals surface area contributed by atoms with Crippen molar-refractivity contribution in [2.24, 2.45) is 0 Å². The summed E-state index contributed by atoms with van der Waals surface area (Å²) in [7, 11) is 1.63. The van der Waals surface area contributed by atoms with Crippen LogP contribution in [0.25, 0.3) is 0 Å². The Hall–Kier alpha value is -2.24. The summed E-state index contributed by atoms with van der Waals surface area (Å²) >= 11 is 0. The zero-order valence-corrected chi connectivity index (χ0v) is 13.5. The van der Waals surface area contributed by atoms with Gasteiger partial charge in [0.15, 0.2) is 0 Å². The van der Waals surface area contributed by atoms with E-state index in [2.05, 4.69) is 11.4 Å². The number of nitrogens with one attached hydrogen (secondary N) is 1. The van der Waals surface area contributed by atoms with Gasteiger partial charge < -0.3 is 20.1 Å². The molecule has 0 aromatic heterocycles. The molecular formula is C16H24N2O4. The molecule has 1 aromatic rings. The standard InChI is InChI=1S/C16H24N2O4/c1-11-6-7-14(12(2)10-11)22-9-5-8-18(4)16(21)17-13(3)15(19)20/h6-7,10,13H,5,8-9H2,1-4H3,(H,17,21)(H,19,20). The molecule has 2 N–H and O–H groups in total. The Bertz CT molecular complexity index is 531. The first-order chi connectivity index (χ1) is 10.3. The van der Waals surface area contributed by atoms with Crippen molar-refractivity contribution in [3.05, 3.63) is 29.3 Å². The maximum atomic E-state index is 11.7. The number of carbonyl (C=O) groups is 2. The molecule has 0 aliphatic carbocycles. The molecule has 1 unspecified atom stereocenters. The summed E-state index contributed by atoms with van der Waals surface area (Å²) in [4.78, 5) is 23.9. The molecule has 1 aromatic carbocycles. The molecule has 1 rings (SSSR count). The third-order valence-corrected chi connectivity index (χ3v) is 3.28. The summed E-state index contributed by atoms with van der Waals surface area (Å²) in [6.45, 7) is 6.44. The molecule has 0 aliphatic rings. The second kappa shape index (κ2) is 8.26. The second-order valence-electron chi connectivity index (χ2n) is 5.40. The Morgan fingerprint density at radius 3 is 2.64 bits per heavy atom. The number of aryl methyl sites for hydroxylation is 2. The number of nitrogens with zero attached hydrogens (tertiary/aromatic N) is 1. The lowest BCUT2D eigenvalue weighted by atomic mass is 10.1. The van der Waals surface area contributed by atoms with Crippen LogP contribution in [0.5, 0.6) is 5.75 Å². The SMILES string of the molecule is Cc1ccc(OCCCN(C)C(=O)NC(C)C(=O)O)c(C)c1. The van der Waals surface area contributed by atoms with Crippen molar-refractivity contribution < 1.29 is 19.4 Å². The molecule has 0 bridgehead atoms. The van der Waals surface area contributed by atoms with Crippen molar-refractivity contribution >= 4 is 12.0 Å². The minimum atomic E-state index is -1.06. The summed E-state index contributed by atoms with van der Waals surface area (Å²) in [5.74, 6) is -0.211. The van der Waals surface area contributed by atoms with E-state index < -0.39 is 18.0 Å². The third-order valence-electron chi connectivity index (χ3n) is 3.28. The van der Waals surface area contributed by atoms with E-state index in [0.717, 1.165) is 11.3 Å². The van der Waals surface area contributed by atoms with Gasteiger partial charge in [0, 0.05) is 13.6 Å². The predicted molar refractivity (Wildman–Crippen MR) is 84.3 cm³/mol. The molecule has 0 radical (unpaired) electrons. The van der Waals surface area contributed by atoms with Crippen molar-refractivity contribution in [3.63, 3.8) is 0 Å². The molecule has 22 heavy (non-hydrogen) atoms. The van der Waals surface area contributed by atoms with Crippen LogP contribution >= 0.6 is 0 Å². The first kappa shape index (κ1) is 17.8. The third kappa shape index (κ3) is 5.63. The topological polar surface area (TPSA) is 78.9 Å². The van der Waals surface area contributed by atoms with Crippen LogP contribution in [0.1, 0.15) is 24.5 Å². The number of hydrogen-bond acceptors (Lipinski definition) is 3. The number of urea groups is 1. The molecule has 0 spiro atoms. The summed E-state index contributed by atoms with van der Waals surface area (Å²) in [6.07, 6.45) is 0.665. The van der Waals surface area contributed by atoms with E-state index in [1.54, 1.807) is 7.05 Å². The van der Waals surface area contributed by atoms with Crippen LogP contribution in [0.4, 0.5) is 4.79 Å². The van der Waals surface area contributed by atoms with Gasteiger partial charge in [-0.05, 0) is 38.8 Å². The molecule has 2 amide bonds. The van der Waals surface area contributed by atoms with Crippen molar-refractivity contribution in [2.45, 2.75) is 33.2 Å². The molecular weight excluding hydrogens is 284 g/mol. The minimum absolute atomic E-state index is 0.401. The highest BCUT2D eigenvalue weighted by molar-refractivity contribution is 5.82. The van der Waals surface area contributed by atoms with E-state index >= 15 is 0 Å². The minimum Gasteiger partial charge on any atom is -0.493 e. The molecule has 0 heterocycles. The number of carbonyl (C=O) groups excluding carboxylic acids is 1. The van der Waals surface area contributed by atoms with Gasteiger partial charge in [-0.2, -0.15) is 0 Å². The first-order valence-corrected chi connectivity index (χ1v) is 7.25. The number of benzene rings is 1. The zero-order chi connectivity index (χ0) is 16.7. The van der Waals surface area contributed by atoms with Crippen molar-refractivity contribution in [1.29, 1.82) is 0 Å². The summed E-state index contributed by atoms with van der Waals surface area (Å²) in [5.41, 5.74) is 2.27. The van der Waals surface area contributed by atoms with Crippen LogP contribution in [-0.2, 0) is 4.79 Å². The van der Waals surface area contributed by atoms with E-state index in [1.807, 2.05) is 26.0 Å². The maximum absolute atomic E-state index is 11.7. The van der Waals surface area contributed by atoms with Gasteiger partial charge in [-0.25, -0.2) is 4.79 Å². The Labute approximate surface area is 131 Å². The number of amides is 2. The smallest absolute Gasteiger partial charge is 0.325 e. The highest BCUT2D eigenvalue weighted by atomic mass is 16.5. The lowest BCUT2D eigenvalue weighted by Gasteiger charge is -2.19. The normalized spacial score (nSPS) is 11.6. The van der Waals surface area contributed by atoms with Gasteiger partial charge in [0.1, 0.15) is 11.8 Å². The van der Waals surface area contributed by atoms with E-state index in [-0.39, 0.29) is 0 Å². The first-order valence-electron chi connectivity index (χ1n) is 7.25. The largest absolute Gasteiger partial charge is 0.493 e. The number of ether oxygens (including phenoxy) is 1. The number of rotatable bonds is 7. The summed E-state index contributed by atoms with van der Waals surface area (Å²) in [6, 6.07) is 4.69. The van der Waals surface area contributed by atoms with Gasteiger partial charge in [-0.15, -0.1) is 0 Å². The number of hydrogen-bond donors (Lipinski definition) is 2. The number of aliphatic carboxylic acids is 1. The van der Waals surface area contributed by atoms with E-state index in [9.17, 15) is 9.59 Å². The lowest BCUT2D eigenvalue weighted by molar-refractivity contribution is -0.138. The molecule has 0 saturated carbocycles. The van der Waals surface area contributed by atoms with Crippen molar-refractivity contribution in [1.82, 2.24) is 10.2 Å². The fourth-order valence-electron chi connectivity index (χ4n) is 1.90. The van der Waals surface area contributed by atoms with Gasteiger partial charge >= 0.3 is 12.0 Å². The molecule has 6 heteroatoms. The average molecular weight is 308 g/mol. The number of carboxylic acid groups (broad SMARTS) is 1. The van der Waals surface area contributed by atoms with E-state index in [0.29, 0.717) is 19.6 Å². The number of carboxylic acids is 1. The maximum Gasteiger partial charge on any atom is 0.325 e. The van der Waals surface area contributed by atoms with Crippen molar-refractivity contribution in [2.75, 3.05) is 20.2 Å². The van der Waals surface area contributed by atoms with Gasteiger partial charge in [0.25, 0.3) is 0 Å². The zero-order valence-electron chi connectivity index (χ0n) is 13.5. The van der Waals surface area contributed by atoms with Gasteiger partial charge in [0.2, 0.25) is 0 Å². The fourth-order valence-corrected chi connectivity index (χ4v) is 1.90. The van der Waals surface area contributed by atoms with Crippen LogP contribution in [0.15, 0.2) is 18.2 Å². The lowest BCUT2D eigenvalue weighted by Crippen LogP contribution is -2.45. The van der Waals surface area contributed by atoms with E-state index in [4.69, 9.17) is 9.84 Å². The van der Waals surface area contributed by atoms with Gasteiger partial charge in [0.05, 0.1) is 6.61 Å². The van der Waals surface area contributed by atoms with E-state index in [1.165, 1.54) is 17.4 Å². The van der Waals surface area contributed by atoms with Gasteiger partial charge in [-0.3, -0.25) is 4.79 Å². The summed E-state index contributed by atoms with van der Waals surface area (Å²) < 4.78 is 5.69. The Balaban J connectivity index is 2.31. The van der Waals surface area contributed by atoms with Gasteiger partial charge in [-0.1, -0.05) is 17.7 Å². The quantitative estimate of drug-likeness (QED) is 0.757. The molecule has 6 nitrogen and oxygen atoms in total. The molecule has 122 valence electrons. The molecule has 0 saturated heterocycles. The fraction of sp³-hybridized carbons (Fsp3) is 0.500. The highest BCUT2D eigenvalue weighted by Crippen LogP contribution is 2.18. The Morgan fingerprint density at radius 2 is 2.05 bits per heavy atom. The predicted octanol–water partition coefficient (Wildman–Crippen LogP) is 2.19. The van der Waals surface area contributed by atoms with Crippen LogP contribution in [0, 0.1) is 13.8 Å². The highest BCUT2D eigenvalue weighted by Gasteiger charge is 2.16. The monoisotopic (exact) mass is 308 g/mol. The molecule has 0 aliphatic heterocycles. The van der Waals surface area contributed by atoms with Crippen LogP contribution < -0.4 is 10.1 Å². The van der Waals surface area contributed by atoms with Crippen LogP contribution in [0.3, 0.4) is 0 Å². The Morgan fingerprint density at radius 1 is 1.36 bits per heavy atom. The van der Waals surface area contributed by atoms with Crippen LogP contribution in [-0.4, -0.2) is 48.2 Å².